The zero-order valence-electron chi connectivity index (χ0n) is 12.7. The van der Waals surface area contributed by atoms with Crippen molar-refractivity contribution in [3.63, 3.8) is 0 Å². The molecular weight excluding hydrogens is 405 g/mol. The van der Waals surface area contributed by atoms with Gasteiger partial charge in [0.1, 0.15) is 13.2 Å². The molecule has 4 nitrogen and oxygen atoms in total. The fraction of sp³-hybridized carbons (Fsp3) is 0.167. The molecule has 0 aliphatic carbocycles. The minimum absolute atomic E-state index is 0.220. The monoisotopic (exact) mass is 421 g/mol. The predicted molar refractivity (Wildman–Crippen MR) is 96.5 cm³/mol. The van der Waals surface area contributed by atoms with E-state index in [1.54, 1.807) is 0 Å². The second-order valence-corrected chi connectivity index (χ2v) is 6.53. The molecule has 0 saturated heterocycles. The van der Waals surface area contributed by atoms with Gasteiger partial charge >= 0.3 is 6.09 Å². The Hall–Kier alpha value is -1.86. The highest BCUT2D eigenvalue weighted by Gasteiger charge is 2.30. The van der Waals surface area contributed by atoms with Gasteiger partial charge in [-0.15, -0.1) is 0 Å². The van der Waals surface area contributed by atoms with Crippen molar-refractivity contribution in [2.45, 2.75) is 13.5 Å². The number of hydroxylamine groups is 2. The zero-order valence-corrected chi connectivity index (χ0v) is 14.8. The molecule has 0 N–H and O–H groups in total. The number of benzene rings is 2. The zero-order chi connectivity index (χ0) is 16.2. The van der Waals surface area contributed by atoms with Crippen LogP contribution in [0.2, 0.25) is 0 Å². The SMILES string of the molecule is Cc1ccc(C2=C(I)CON2C(=O)OCc2ccccc2)cc1. The van der Waals surface area contributed by atoms with Gasteiger partial charge in [-0.3, -0.25) is 4.84 Å². The maximum Gasteiger partial charge on any atom is 0.439 e. The molecule has 3 rings (SSSR count). The molecule has 0 atom stereocenters. The summed E-state index contributed by atoms with van der Waals surface area (Å²) < 4.78 is 6.34. The van der Waals surface area contributed by atoms with Crippen LogP contribution in [-0.4, -0.2) is 17.8 Å². The Morgan fingerprint density at radius 2 is 1.87 bits per heavy atom. The van der Waals surface area contributed by atoms with Gasteiger partial charge in [-0.2, -0.15) is 5.06 Å². The van der Waals surface area contributed by atoms with Gasteiger partial charge in [0.2, 0.25) is 0 Å². The van der Waals surface area contributed by atoms with Crippen LogP contribution >= 0.6 is 22.6 Å². The van der Waals surface area contributed by atoms with Crippen molar-refractivity contribution in [3.8, 4) is 0 Å². The lowest BCUT2D eigenvalue weighted by Gasteiger charge is -2.18. The average molecular weight is 421 g/mol. The Balaban J connectivity index is 1.73. The highest BCUT2D eigenvalue weighted by atomic mass is 127. The summed E-state index contributed by atoms with van der Waals surface area (Å²) in [6.45, 7) is 2.63. The topological polar surface area (TPSA) is 38.8 Å². The van der Waals surface area contributed by atoms with Crippen molar-refractivity contribution < 1.29 is 14.4 Å². The third-order valence-electron chi connectivity index (χ3n) is 3.48. The van der Waals surface area contributed by atoms with Crippen molar-refractivity contribution in [3.05, 3.63) is 74.9 Å². The number of ether oxygens (including phenoxy) is 1. The van der Waals surface area contributed by atoms with Gasteiger partial charge in [0, 0.05) is 9.14 Å². The number of carbonyl (C=O) groups excluding carboxylic acids is 1. The quantitative estimate of drug-likeness (QED) is 0.676. The average Bonchev–Trinajstić information content (AvgIpc) is 2.96. The van der Waals surface area contributed by atoms with Crippen LogP contribution in [0.1, 0.15) is 16.7 Å². The highest BCUT2D eigenvalue weighted by Crippen LogP contribution is 2.33. The number of hydrogen-bond acceptors (Lipinski definition) is 3. The van der Waals surface area contributed by atoms with Crippen LogP contribution in [-0.2, 0) is 16.2 Å². The maximum absolute atomic E-state index is 12.4. The summed E-state index contributed by atoms with van der Waals surface area (Å²) in [5.41, 5.74) is 3.80. The van der Waals surface area contributed by atoms with Crippen LogP contribution in [0.25, 0.3) is 5.70 Å². The molecule has 0 bridgehead atoms. The molecule has 0 saturated carbocycles. The van der Waals surface area contributed by atoms with Crippen LogP contribution < -0.4 is 0 Å². The third kappa shape index (κ3) is 3.73. The fourth-order valence-electron chi connectivity index (χ4n) is 2.27. The van der Waals surface area contributed by atoms with Gasteiger partial charge in [-0.25, -0.2) is 4.79 Å². The molecule has 0 aromatic heterocycles. The van der Waals surface area contributed by atoms with Crippen molar-refractivity contribution in [2.24, 2.45) is 0 Å². The second kappa shape index (κ2) is 7.14. The van der Waals surface area contributed by atoms with E-state index in [1.807, 2.05) is 61.5 Å². The van der Waals surface area contributed by atoms with Gasteiger partial charge < -0.3 is 4.74 Å². The van der Waals surface area contributed by atoms with Crippen molar-refractivity contribution in [1.82, 2.24) is 5.06 Å². The molecule has 1 aliphatic rings. The third-order valence-corrected chi connectivity index (χ3v) is 4.30. The van der Waals surface area contributed by atoms with Crippen molar-refractivity contribution in [2.75, 3.05) is 6.61 Å². The second-order valence-electron chi connectivity index (χ2n) is 5.23. The van der Waals surface area contributed by atoms with Crippen LogP contribution in [0, 0.1) is 6.92 Å². The molecule has 1 amide bonds. The molecule has 2 aromatic rings. The molecule has 118 valence electrons. The summed E-state index contributed by atoms with van der Waals surface area (Å²) >= 11 is 2.20. The summed E-state index contributed by atoms with van der Waals surface area (Å²) in [6, 6.07) is 17.6. The fourth-order valence-corrected chi connectivity index (χ4v) is 2.94. The molecule has 0 fully saturated rings. The van der Waals surface area contributed by atoms with Crippen molar-refractivity contribution in [1.29, 1.82) is 0 Å². The Bertz CT molecular complexity index is 726. The number of nitrogens with zero attached hydrogens (tertiary/aromatic N) is 1. The van der Waals surface area contributed by atoms with Crippen molar-refractivity contribution >= 4 is 34.4 Å². The van der Waals surface area contributed by atoms with E-state index in [4.69, 9.17) is 9.57 Å². The molecule has 5 heteroatoms. The summed E-state index contributed by atoms with van der Waals surface area (Å²) in [6.07, 6.45) is -0.504. The molecule has 2 aromatic carbocycles. The van der Waals surface area contributed by atoms with E-state index in [0.717, 1.165) is 20.4 Å². The lowest BCUT2D eigenvalue weighted by Crippen LogP contribution is -2.27. The lowest BCUT2D eigenvalue weighted by atomic mass is 10.1. The Morgan fingerprint density at radius 3 is 2.57 bits per heavy atom. The van der Waals surface area contributed by atoms with E-state index in [9.17, 15) is 4.79 Å². The predicted octanol–water partition coefficient (Wildman–Crippen LogP) is 4.68. The summed E-state index contributed by atoms with van der Waals surface area (Å²) in [5, 5.41) is 1.25. The Labute approximate surface area is 148 Å². The van der Waals surface area contributed by atoms with Gasteiger partial charge in [0.15, 0.2) is 0 Å². The molecular formula is C18H16INO3. The standard InChI is InChI=1S/C18H16INO3/c1-13-7-9-15(10-8-13)17-16(19)12-23-20(17)18(21)22-11-14-5-3-2-4-6-14/h2-10H,11-12H2,1H3. The molecule has 0 unspecified atom stereocenters. The van der Waals surface area contributed by atoms with E-state index in [0.29, 0.717) is 6.61 Å². The number of amides is 1. The molecule has 1 heterocycles. The summed E-state index contributed by atoms with van der Waals surface area (Å²) in [7, 11) is 0. The maximum atomic E-state index is 12.4. The van der Waals surface area contributed by atoms with Crippen LogP contribution in [0.4, 0.5) is 4.79 Å². The van der Waals surface area contributed by atoms with E-state index < -0.39 is 6.09 Å². The van der Waals surface area contributed by atoms with Gasteiger partial charge in [-0.1, -0.05) is 60.2 Å². The highest BCUT2D eigenvalue weighted by molar-refractivity contribution is 14.1. The number of carbonyl (C=O) groups is 1. The van der Waals surface area contributed by atoms with Gasteiger partial charge in [0.05, 0.1) is 5.70 Å². The molecule has 23 heavy (non-hydrogen) atoms. The summed E-state index contributed by atoms with van der Waals surface area (Å²) in [4.78, 5) is 17.8. The van der Waals surface area contributed by atoms with E-state index in [-0.39, 0.29) is 6.61 Å². The number of halogens is 1. The van der Waals surface area contributed by atoms with E-state index in [2.05, 4.69) is 22.6 Å². The first-order valence-electron chi connectivity index (χ1n) is 7.24. The minimum Gasteiger partial charge on any atom is -0.443 e. The largest absolute Gasteiger partial charge is 0.443 e. The minimum atomic E-state index is -0.504. The van der Waals surface area contributed by atoms with Gasteiger partial charge in [-0.05, 0) is 35.1 Å². The van der Waals surface area contributed by atoms with Gasteiger partial charge in [0.25, 0.3) is 0 Å². The molecule has 1 aliphatic heterocycles. The smallest absolute Gasteiger partial charge is 0.439 e. The van der Waals surface area contributed by atoms with E-state index in [1.165, 1.54) is 10.6 Å². The first kappa shape index (κ1) is 16.0. The van der Waals surface area contributed by atoms with Crippen LogP contribution in [0.5, 0.6) is 0 Å². The Kier molecular flexibility index (Phi) is 4.97. The normalized spacial score (nSPS) is 14.3. The first-order valence-corrected chi connectivity index (χ1v) is 8.32. The Morgan fingerprint density at radius 1 is 1.17 bits per heavy atom. The van der Waals surface area contributed by atoms with Crippen LogP contribution in [0.15, 0.2) is 58.2 Å². The number of rotatable bonds is 3. The first-order chi connectivity index (χ1) is 11.1. The molecule has 0 spiro atoms. The summed E-state index contributed by atoms with van der Waals surface area (Å²) in [5.74, 6) is 0. The number of aryl methyl sites for hydroxylation is 1. The number of hydrogen-bond donors (Lipinski definition) is 0. The van der Waals surface area contributed by atoms with E-state index >= 15 is 0 Å². The van der Waals surface area contributed by atoms with Crippen LogP contribution in [0.3, 0.4) is 0 Å². The lowest BCUT2D eigenvalue weighted by molar-refractivity contribution is -0.0691. The molecule has 0 radical (unpaired) electrons.